The molecule has 0 aromatic rings. The van der Waals surface area contributed by atoms with Gasteiger partial charge in [-0.1, -0.05) is 0 Å². The summed E-state index contributed by atoms with van der Waals surface area (Å²) in [4.78, 5) is 11.6. The molecule has 20 heavy (non-hydrogen) atoms. The Morgan fingerprint density at radius 1 is 1.15 bits per heavy atom. The third kappa shape index (κ3) is 9.55. The topological polar surface area (TPSA) is 66.0 Å². The first-order chi connectivity index (χ1) is 9.83. The van der Waals surface area contributed by atoms with Gasteiger partial charge < -0.3 is 24.3 Å². The Balaban J connectivity index is 1.84. The smallest absolute Gasteiger partial charge is 0.307 e. The molecule has 1 aliphatic heterocycles. The molecule has 1 heterocycles. The summed E-state index contributed by atoms with van der Waals surface area (Å²) in [6.45, 7) is 3.87. The number of carbonyl (C=O) groups excluding carboxylic acids is 1. The van der Waals surface area contributed by atoms with Crippen LogP contribution in [0.3, 0.4) is 0 Å². The molecule has 118 valence electrons. The molecule has 0 radical (unpaired) electrons. The molecule has 0 spiro atoms. The summed E-state index contributed by atoms with van der Waals surface area (Å²) in [5, 5.41) is 3.31. The van der Waals surface area contributed by atoms with Crippen LogP contribution >= 0.6 is 11.8 Å². The number of methoxy groups -OCH3 is 1. The predicted octanol–water partition coefficient (Wildman–Crippen LogP) is 0.304. The Morgan fingerprint density at radius 2 is 1.85 bits per heavy atom. The second-order valence-electron chi connectivity index (χ2n) is 4.37. The minimum absolute atomic E-state index is 0.162. The van der Waals surface area contributed by atoms with Crippen LogP contribution in [0, 0.1) is 0 Å². The first-order valence-electron chi connectivity index (χ1n) is 6.94. The predicted molar refractivity (Wildman–Crippen MR) is 78.2 cm³/mol. The molecule has 0 amide bonds. The highest BCUT2D eigenvalue weighted by molar-refractivity contribution is 7.99. The lowest BCUT2D eigenvalue weighted by molar-refractivity contribution is -0.145. The summed E-state index contributed by atoms with van der Waals surface area (Å²) in [7, 11) is 1.63. The average Bonchev–Trinajstić information content (AvgIpc) is 2.46. The van der Waals surface area contributed by atoms with Crippen LogP contribution in [0.1, 0.15) is 6.42 Å². The molecule has 0 aromatic carbocycles. The zero-order valence-corrected chi connectivity index (χ0v) is 12.9. The highest BCUT2D eigenvalue weighted by atomic mass is 32.2. The largest absolute Gasteiger partial charge is 0.463 e. The summed E-state index contributed by atoms with van der Waals surface area (Å²) in [6, 6.07) is 0.247. The minimum atomic E-state index is -0.162. The molecule has 1 saturated heterocycles. The number of carbonyl (C=O) groups is 1. The van der Waals surface area contributed by atoms with Crippen molar-refractivity contribution in [3.05, 3.63) is 0 Å². The van der Waals surface area contributed by atoms with E-state index < -0.39 is 0 Å². The quantitative estimate of drug-likeness (QED) is 0.435. The summed E-state index contributed by atoms with van der Waals surface area (Å²) in [5.41, 5.74) is 0. The van der Waals surface area contributed by atoms with E-state index in [1.54, 1.807) is 7.11 Å². The second-order valence-corrected chi connectivity index (χ2v) is 5.52. The van der Waals surface area contributed by atoms with Gasteiger partial charge in [0.1, 0.15) is 6.61 Å². The Labute approximate surface area is 124 Å². The first-order valence-corrected chi connectivity index (χ1v) is 8.09. The standard InChI is InChI=1S/C13H25NO5S/c1-16-3-4-17-5-6-18-7-8-19-13(15)10-12-11-20-9-2-14-12/h12,14H,2-11H2,1H3. The van der Waals surface area contributed by atoms with Gasteiger partial charge in [-0.2, -0.15) is 11.8 Å². The highest BCUT2D eigenvalue weighted by Crippen LogP contribution is 2.10. The molecule has 1 atom stereocenters. The molecule has 1 aliphatic rings. The fourth-order valence-corrected chi connectivity index (χ4v) is 2.64. The number of ether oxygens (including phenoxy) is 4. The normalized spacial score (nSPS) is 18.9. The van der Waals surface area contributed by atoms with E-state index in [9.17, 15) is 4.79 Å². The molecule has 1 unspecified atom stereocenters. The first kappa shape index (κ1) is 17.7. The SMILES string of the molecule is COCCOCCOCCOC(=O)CC1CSCCN1. The maximum atomic E-state index is 11.6. The van der Waals surface area contributed by atoms with Crippen molar-refractivity contribution >= 4 is 17.7 Å². The molecular formula is C13H25NO5S. The lowest BCUT2D eigenvalue weighted by Crippen LogP contribution is -2.39. The number of hydrogen-bond donors (Lipinski definition) is 1. The van der Waals surface area contributed by atoms with Crippen molar-refractivity contribution in [2.75, 3.05) is 64.8 Å². The summed E-state index contributed by atoms with van der Waals surface area (Å²) in [6.07, 6.45) is 0.438. The Morgan fingerprint density at radius 3 is 2.50 bits per heavy atom. The van der Waals surface area contributed by atoms with E-state index in [2.05, 4.69) is 5.32 Å². The zero-order valence-electron chi connectivity index (χ0n) is 12.1. The van der Waals surface area contributed by atoms with E-state index in [0.29, 0.717) is 46.1 Å². The summed E-state index contributed by atoms with van der Waals surface area (Å²) in [5.74, 6) is 1.93. The van der Waals surface area contributed by atoms with Crippen molar-refractivity contribution in [3.63, 3.8) is 0 Å². The van der Waals surface area contributed by atoms with Crippen LogP contribution < -0.4 is 5.32 Å². The van der Waals surface area contributed by atoms with Crippen LogP contribution in [0.5, 0.6) is 0 Å². The molecule has 1 rings (SSSR count). The minimum Gasteiger partial charge on any atom is -0.463 e. The van der Waals surface area contributed by atoms with Crippen LogP contribution in [0.2, 0.25) is 0 Å². The van der Waals surface area contributed by atoms with Gasteiger partial charge in [0.2, 0.25) is 0 Å². The van der Waals surface area contributed by atoms with Crippen molar-refractivity contribution in [1.82, 2.24) is 5.32 Å². The third-order valence-corrected chi connectivity index (χ3v) is 3.84. The Bertz CT molecular complexity index is 249. The molecule has 0 bridgehead atoms. The maximum Gasteiger partial charge on any atom is 0.307 e. The van der Waals surface area contributed by atoms with Crippen molar-refractivity contribution < 1.29 is 23.7 Å². The van der Waals surface area contributed by atoms with Gasteiger partial charge in [-0.25, -0.2) is 0 Å². The number of hydrogen-bond acceptors (Lipinski definition) is 7. The van der Waals surface area contributed by atoms with Gasteiger partial charge in [-0.05, 0) is 0 Å². The molecule has 1 N–H and O–H groups in total. The van der Waals surface area contributed by atoms with E-state index in [-0.39, 0.29) is 12.0 Å². The molecule has 0 aromatic heterocycles. The Kier molecular flexibility index (Phi) is 11.0. The molecule has 7 heteroatoms. The van der Waals surface area contributed by atoms with Gasteiger partial charge in [0, 0.05) is 31.2 Å². The van der Waals surface area contributed by atoms with Crippen molar-refractivity contribution in [3.8, 4) is 0 Å². The zero-order chi connectivity index (χ0) is 14.5. The lowest BCUT2D eigenvalue weighted by atomic mass is 10.2. The molecule has 0 saturated carbocycles. The fourth-order valence-electron chi connectivity index (χ4n) is 1.69. The van der Waals surface area contributed by atoms with E-state index >= 15 is 0 Å². The van der Waals surface area contributed by atoms with Gasteiger partial charge in [0.25, 0.3) is 0 Å². The van der Waals surface area contributed by atoms with Crippen molar-refractivity contribution in [2.45, 2.75) is 12.5 Å². The highest BCUT2D eigenvalue weighted by Gasteiger charge is 2.17. The van der Waals surface area contributed by atoms with Gasteiger partial charge in [0.05, 0.1) is 39.5 Å². The summed E-state index contributed by atoms with van der Waals surface area (Å²) < 4.78 is 20.5. The van der Waals surface area contributed by atoms with E-state index in [0.717, 1.165) is 18.1 Å². The lowest BCUT2D eigenvalue weighted by Gasteiger charge is -2.22. The van der Waals surface area contributed by atoms with E-state index in [1.807, 2.05) is 11.8 Å². The van der Waals surface area contributed by atoms with E-state index in [1.165, 1.54) is 0 Å². The van der Waals surface area contributed by atoms with Gasteiger partial charge >= 0.3 is 5.97 Å². The van der Waals surface area contributed by atoms with Crippen LogP contribution in [-0.2, 0) is 23.7 Å². The van der Waals surface area contributed by atoms with Gasteiger partial charge in [-0.15, -0.1) is 0 Å². The average molecular weight is 307 g/mol. The van der Waals surface area contributed by atoms with Gasteiger partial charge in [0.15, 0.2) is 0 Å². The second kappa shape index (κ2) is 12.4. The number of nitrogens with one attached hydrogen (secondary N) is 1. The van der Waals surface area contributed by atoms with Gasteiger partial charge in [-0.3, -0.25) is 4.79 Å². The van der Waals surface area contributed by atoms with Crippen LogP contribution in [0.4, 0.5) is 0 Å². The summed E-state index contributed by atoms with van der Waals surface area (Å²) >= 11 is 1.87. The third-order valence-electron chi connectivity index (χ3n) is 2.71. The Hall–Kier alpha value is -0.340. The monoisotopic (exact) mass is 307 g/mol. The van der Waals surface area contributed by atoms with Crippen molar-refractivity contribution in [2.24, 2.45) is 0 Å². The van der Waals surface area contributed by atoms with Crippen LogP contribution in [0.15, 0.2) is 0 Å². The fraction of sp³-hybridized carbons (Fsp3) is 0.923. The molecule has 0 aliphatic carbocycles. The molecule has 6 nitrogen and oxygen atoms in total. The maximum absolute atomic E-state index is 11.6. The molecular weight excluding hydrogens is 282 g/mol. The van der Waals surface area contributed by atoms with E-state index in [4.69, 9.17) is 18.9 Å². The molecule has 1 fully saturated rings. The van der Waals surface area contributed by atoms with Crippen LogP contribution in [0.25, 0.3) is 0 Å². The van der Waals surface area contributed by atoms with Crippen LogP contribution in [-0.4, -0.2) is 76.8 Å². The number of rotatable bonds is 11. The number of esters is 1. The number of thioether (sulfide) groups is 1. The van der Waals surface area contributed by atoms with Crippen molar-refractivity contribution in [1.29, 1.82) is 0 Å².